The van der Waals surface area contributed by atoms with E-state index in [-0.39, 0.29) is 12.5 Å². The van der Waals surface area contributed by atoms with Crippen LogP contribution < -0.4 is 10.1 Å². The van der Waals surface area contributed by atoms with Crippen LogP contribution >= 0.6 is 0 Å². The molecular formula is C17H26N2O3. The maximum absolute atomic E-state index is 11.7. The lowest BCUT2D eigenvalue weighted by Gasteiger charge is -2.26. The van der Waals surface area contributed by atoms with Gasteiger partial charge in [-0.05, 0) is 43.6 Å². The van der Waals surface area contributed by atoms with Gasteiger partial charge in [-0.15, -0.1) is 0 Å². The van der Waals surface area contributed by atoms with Crippen molar-refractivity contribution in [2.45, 2.75) is 25.9 Å². The van der Waals surface area contributed by atoms with E-state index in [0.717, 1.165) is 30.9 Å². The second kappa shape index (κ2) is 9.43. The van der Waals surface area contributed by atoms with Gasteiger partial charge in [0.15, 0.2) is 0 Å². The lowest BCUT2D eigenvalue weighted by Crippen LogP contribution is -2.38. The van der Waals surface area contributed by atoms with E-state index in [9.17, 15) is 4.79 Å². The summed E-state index contributed by atoms with van der Waals surface area (Å²) in [6, 6.07) is 7.66. The number of nitrogens with one attached hydrogen (secondary N) is 1. The molecular weight excluding hydrogens is 280 g/mol. The highest BCUT2D eigenvalue weighted by atomic mass is 16.5. The number of piperidine rings is 1. The van der Waals surface area contributed by atoms with E-state index in [1.807, 2.05) is 24.3 Å². The highest BCUT2D eigenvalue weighted by Crippen LogP contribution is 2.13. The number of methoxy groups -OCH3 is 1. The molecule has 1 aliphatic heterocycles. The Morgan fingerprint density at radius 3 is 2.86 bits per heavy atom. The van der Waals surface area contributed by atoms with Crippen LogP contribution in [0.1, 0.15) is 24.8 Å². The molecule has 0 bridgehead atoms. The molecule has 0 radical (unpaired) electrons. The van der Waals surface area contributed by atoms with Crippen molar-refractivity contribution >= 4 is 5.91 Å². The molecule has 0 spiro atoms. The summed E-state index contributed by atoms with van der Waals surface area (Å²) < 4.78 is 10.6. The number of rotatable bonds is 8. The lowest BCUT2D eigenvalue weighted by molar-refractivity contribution is -0.126. The van der Waals surface area contributed by atoms with E-state index in [1.165, 1.54) is 19.3 Å². The van der Waals surface area contributed by atoms with Crippen molar-refractivity contribution in [3.05, 3.63) is 29.8 Å². The first-order valence-electron chi connectivity index (χ1n) is 7.97. The summed E-state index contributed by atoms with van der Waals surface area (Å²) >= 11 is 0. The third kappa shape index (κ3) is 6.03. The predicted octanol–water partition coefficient (Wildman–Crippen LogP) is 1.81. The third-order valence-electron chi connectivity index (χ3n) is 3.83. The summed E-state index contributed by atoms with van der Waals surface area (Å²) in [5, 5.41) is 2.91. The maximum Gasteiger partial charge on any atom is 0.246 e. The Balaban J connectivity index is 1.57. The van der Waals surface area contributed by atoms with Crippen molar-refractivity contribution in [1.82, 2.24) is 10.2 Å². The van der Waals surface area contributed by atoms with Gasteiger partial charge in [-0.2, -0.15) is 0 Å². The monoisotopic (exact) mass is 306 g/mol. The molecule has 1 aromatic carbocycles. The first-order valence-corrected chi connectivity index (χ1v) is 7.97. The number of nitrogens with zero attached hydrogens (tertiary/aromatic N) is 1. The summed E-state index contributed by atoms with van der Waals surface area (Å²) in [6.45, 7) is 4.45. The minimum absolute atomic E-state index is 0.0556. The van der Waals surface area contributed by atoms with Crippen LogP contribution in [0, 0.1) is 0 Å². The van der Waals surface area contributed by atoms with Gasteiger partial charge in [0.2, 0.25) is 5.91 Å². The number of likely N-dealkylation sites (tertiary alicyclic amines) is 1. The van der Waals surface area contributed by atoms with Crippen LogP contribution in [0.5, 0.6) is 5.75 Å². The zero-order chi connectivity index (χ0) is 15.6. The molecule has 2 rings (SSSR count). The molecule has 1 heterocycles. The molecule has 122 valence electrons. The molecule has 5 nitrogen and oxygen atoms in total. The Kier molecular flexibility index (Phi) is 7.19. The Morgan fingerprint density at radius 1 is 1.27 bits per heavy atom. The number of carbonyl (C=O) groups is 1. The van der Waals surface area contributed by atoms with Crippen LogP contribution in [-0.4, -0.2) is 50.7 Å². The molecule has 1 amide bonds. The van der Waals surface area contributed by atoms with E-state index in [0.29, 0.717) is 13.2 Å². The van der Waals surface area contributed by atoms with Gasteiger partial charge in [-0.1, -0.05) is 18.6 Å². The van der Waals surface area contributed by atoms with Crippen molar-refractivity contribution in [3.8, 4) is 5.75 Å². The van der Waals surface area contributed by atoms with Crippen LogP contribution in [0.4, 0.5) is 0 Å². The van der Waals surface area contributed by atoms with Gasteiger partial charge >= 0.3 is 0 Å². The van der Waals surface area contributed by atoms with E-state index in [4.69, 9.17) is 9.47 Å². The Bertz CT molecular complexity index is 459. The summed E-state index contributed by atoms with van der Waals surface area (Å²) in [5.41, 5.74) is 1.00. The van der Waals surface area contributed by atoms with E-state index >= 15 is 0 Å². The van der Waals surface area contributed by atoms with Gasteiger partial charge in [0.1, 0.15) is 12.4 Å². The van der Waals surface area contributed by atoms with Crippen LogP contribution in [0.2, 0.25) is 0 Å². The normalized spacial score (nSPS) is 15.5. The van der Waals surface area contributed by atoms with Gasteiger partial charge in [0.05, 0.1) is 13.7 Å². The fourth-order valence-electron chi connectivity index (χ4n) is 2.61. The Morgan fingerprint density at radius 2 is 2.09 bits per heavy atom. The number of carbonyl (C=O) groups excluding carboxylic acids is 1. The molecule has 22 heavy (non-hydrogen) atoms. The number of amides is 1. The van der Waals surface area contributed by atoms with Gasteiger partial charge in [0.25, 0.3) is 0 Å². The Hall–Kier alpha value is -1.59. The standard InChI is InChI=1S/C17H26N2O3/c1-21-16-7-5-6-15(12-16)13-22-14-17(20)18-8-11-19-9-3-2-4-10-19/h5-7,12H,2-4,8-11,13-14H2,1H3,(H,18,20). The first-order chi connectivity index (χ1) is 10.8. The average molecular weight is 306 g/mol. The molecule has 1 aliphatic rings. The van der Waals surface area contributed by atoms with Crippen molar-refractivity contribution in [2.75, 3.05) is 39.9 Å². The fourth-order valence-corrected chi connectivity index (χ4v) is 2.61. The quantitative estimate of drug-likeness (QED) is 0.796. The molecule has 1 N–H and O–H groups in total. The average Bonchev–Trinajstić information content (AvgIpc) is 2.56. The summed E-state index contributed by atoms with van der Waals surface area (Å²) in [4.78, 5) is 14.1. The van der Waals surface area contributed by atoms with Crippen LogP contribution in [0.25, 0.3) is 0 Å². The van der Waals surface area contributed by atoms with Crippen LogP contribution in [0.3, 0.4) is 0 Å². The molecule has 5 heteroatoms. The van der Waals surface area contributed by atoms with Crippen LogP contribution in [0.15, 0.2) is 24.3 Å². The Labute approximate surface area is 132 Å². The second-order valence-corrected chi connectivity index (χ2v) is 5.60. The minimum atomic E-state index is -0.0556. The summed E-state index contributed by atoms with van der Waals surface area (Å²) in [6.07, 6.45) is 3.89. The molecule has 0 atom stereocenters. The van der Waals surface area contributed by atoms with Crippen molar-refractivity contribution in [3.63, 3.8) is 0 Å². The zero-order valence-electron chi connectivity index (χ0n) is 13.3. The molecule has 0 saturated carbocycles. The van der Waals surface area contributed by atoms with Crippen molar-refractivity contribution in [1.29, 1.82) is 0 Å². The first kappa shape index (κ1) is 16.8. The smallest absolute Gasteiger partial charge is 0.246 e. The van der Waals surface area contributed by atoms with Gasteiger partial charge in [-0.25, -0.2) is 0 Å². The molecule has 0 aliphatic carbocycles. The van der Waals surface area contributed by atoms with E-state index in [1.54, 1.807) is 7.11 Å². The van der Waals surface area contributed by atoms with Gasteiger partial charge in [-0.3, -0.25) is 4.79 Å². The lowest BCUT2D eigenvalue weighted by atomic mass is 10.1. The number of benzene rings is 1. The molecule has 1 aromatic rings. The highest BCUT2D eigenvalue weighted by molar-refractivity contribution is 5.77. The van der Waals surface area contributed by atoms with E-state index < -0.39 is 0 Å². The molecule has 0 aromatic heterocycles. The summed E-state index contributed by atoms with van der Waals surface area (Å²) in [7, 11) is 1.63. The molecule has 1 fully saturated rings. The molecule has 1 saturated heterocycles. The largest absolute Gasteiger partial charge is 0.497 e. The van der Waals surface area contributed by atoms with Gasteiger partial charge in [0, 0.05) is 13.1 Å². The maximum atomic E-state index is 11.7. The van der Waals surface area contributed by atoms with Crippen molar-refractivity contribution < 1.29 is 14.3 Å². The zero-order valence-corrected chi connectivity index (χ0v) is 13.3. The summed E-state index contributed by atoms with van der Waals surface area (Å²) in [5.74, 6) is 0.743. The number of hydrogen-bond donors (Lipinski definition) is 1. The SMILES string of the molecule is COc1cccc(COCC(=O)NCCN2CCCCC2)c1. The third-order valence-corrected chi connectivity index (χ3v) is 3.83. The topological polar surface area (TPSA) is 50.8 Å². The fraction of sp³-hybridized carbons (Fsp3) is 0.588. The number of ether oxygens (including phenoxy) is 2. The molecule has 0 unspecified atom stereocenters. The second-order valence-electron chi connectivity index (χ2n) is 5.60. The predicted molar refractivity (Wildman–Crippen MR) is 86.0 cm³/mol. The highest BCUT2D eigenvalue weighted by Gasteiger charge is 2.09. The van der Waals surface area contributed by atoms with Crippen molar-refractivity contribution in [2.24, 2.45) is 0 Å². The minimum Gasteiger partial charge on any atom is -0.497 e. The van der Waals surface area contributed by atoms with Crippen LogP contribution in [-0.2, 0) is 16.1 Å². The number of hydrogen-bond acceptors (Lipinski definition) is 4. The van der Waals surface area contributed by atoms with Gasteiger partial charge < -0.3 is 19.7 Å². The van der Waals surface area contributed by atoms with E-state index in [2.05, 4.69) is 10.2 Å².